The highest BCUT2D eigenvalue weighted by atomic mass is 32.1. The van der Waals surface area contributed by atoms with E-state index in [0.717, 1.165) is 14.9 Å². The number of carbonyl (C=O) groups excluding carboxylic acids is 1. The van der Waals surface area contributed by atoms with Gasteiger partial charge in [-0.2, -0.15) is 0 Å². The highest BCUT2D eigenvalue weighted by Crippen LogP contribution is 2.28. The molecule has 0 saturated heterocycles. The zero-order valence-corrected chi connectivity index (χ0v) is 13.8. The summed E-state index contributed by atoms with van der Waals surface area (Å²) in [6.45, 7) is 4.08. The second kappa shape index (κ2) is 6.00. The number of amides is 1. The first-order chi connectivity index (χ1) is 10.1. The molecule has 3 aromatic rings. The number of carbonyl (C=O) groups is 1. The number of thiophene rings is 1. The minimum Gasteiger partial charge on any atom is -0.295 e. The predicted molar refractivity (Wildman–Crippen MR) is 87.4 cm³/mol. The lowest BCUT2D eigenvalue weighted by Gasteiger charge is -1.97. The quantitative estimate of drug-likeness (QED) is 0.779. The van der Waals surface area contributed by atoms with Crippen LogP contribution in [0.3, 0.4) is 0 Å². The molecular weight excluding hydrogens is 324 g/mol. The van der Waals surface area contributed by atoms with Crippen molar-refractivity contribution in [3.05, 3.63) is 33.6 Å². The van der Waals surface area contributed by atoms with Gasteiger partial charge in [0.05, 0.1) is 4.88 Å². The molecule has 1 N–H and O–H groups in total. The number of nitrogens with one attached hydrogen (secondary N) is 1. The fourth-order valence-corrected chi connectivity index (χ4v) is 3.93. The molecule has 21 heavy (non-hydrogen) atoms. The molecule has 0 saturated carbocycles. The Kier molecular flexibility index (Phi) is 4.09. The third kappa shape index (κ3) is 3.17. The van der Waals surface area contributed by atoms with Gasteiger partial charge in [-0.1, -0.05) is 31.3 Å². The SMILES string of the molecule is CC(C)c1nnc(NC(=O)c2csc(-c3cccs3)n2)s1. The molecule has 108 valence electrons. The van der Waals surface area contributed by atoms with E-state index in [1.807, 2.05) is 31.4 Å². The van der Waals surface area contributed by atoms with Crippen LogP contribution in [0.25, 0.3) is 9.88 Å². The average molecular weight is 336 g/mol. The summed E-state index contributed by atoms with van der Waals surface area (Å²) in [4.78, 5) is 17.6. The van der Waals surface area contributed by atoms with E-state index in [9.17, 15) is 4.79 Å². The van der Waals surface area contributed by atoms with Crippen molar-refractivity contribution in [2.24, 2.45) is 0 Å². The lowest BCUT2D eigenvalue weighted by Crippen LogP contribution is -2.12. The van der Waals surface area contributed by atoms with Gasteiger partial charge >= 0.3 is 0 Å². The van der Waals surface area contributed by atoms with Crippen molar-refractivity contribution in [2.75, 3.05) is 5.32 Å². The fraction of sp³-hybridized carbons (Fsp3) is 0.231. The number of nitrogens with zero attached hydrogens (tertiary/aromatic N) is 3. The number of thiazole rings is 1. The smallest absolute Gasteiger partial charge is 0.276 e. The summed E-state index contributed by atoms with van der Waals surface area (Å²) < 4.78 is 0. The van der Waals surface area contributed by atoms with E-state index in [2.05, 4.69) is 20.5 Å². The lowest BCUT2D eigenvalue weighted by atomic mass is 10.2. The Bertz CT molecular complexity index is 745. The van der Waals surface area contributed by atoms with Crippen LogP contribution in [0.2, 0.25) is 0 Å². The molecule has 0 atom stereocenters. The molecule has 0 aliphatic rings. The third-order valence-corrected chi connectivity index (χ3v) is 5.64. The number of hydrogen-bond acceptors (Lipinski definition) is 7. The van der Waals surface area contributed by atoms with Gasteiger partial charge in [-0.15, -0.1) is 32.9 Å². The van der Waals surface area contributed by atoms with Crippen LogP contribution in [0.15, 0.2) is 22.9 Å². The van der Waals surface area contributed by atoms with Crippen molar-refractivity contribution < 1.29 is 4.79 Å². The maximum Gasteiger partial charge on any atom is 0.276 e. The molecule has 1 amide bonds. The standard InChI is InChI=1S/C13H12N4OS3/c1-7(2)11-16-17-13(21-11)15-10(18)8-6-20-12(14-8)9-4-3-5-19-9/h3-7H,1-2H3,(H,15,17,18). The largest absolute Gasteiger partial charge is 0.295 e. The molecule has 0 spiro atoms. The van der Waals surface area contributed by atoms with Crippen molar-refractivity contribution in [3.63, 3.8) is 0 Å². The highest BCUT2D eigenvalue weighted by molar-refractivity contribution is 7.20. The van der Waals surface area contributed by atoms with Crippen molar-refractivity contribution in [1.82, 2.24) is 15.2 Å². The van der Waals surface area contributed by atoms with E-state index in [1.54, 1.807) is 16.7 Å². The monoisotopic (exact) mass is 336 g/mol. The van der Waals surface area contributed by atoms with Crippen LogP contribution in [0.4, 0.5) is 5.13 Å². The predicted octanol–water partition coefficient (Wildman–Crippen LogP) is 4.10. The Labute approximate surface area is 133 Å². The lowest BCUT2D eigenvalue weighted by molar-refractivity contribution is 0.102. The maximum absolute atomic E-state index is 12.2. The summed E-state index contributed by atoms with van der Waals surface area (Å²) in [6.07, 6.45) is 0. The summed E-state index contributed by atoms with van der Waals surface area (Å²) in [5.41, 5.74) is 0.407. The second-order valence-corrected chi connectivity index (χ2v) is 7.38. The van der Waals surface area contributed by atoms with Crippen LogP contribution < -0.4 is 5.32 Å². The second-order valence-electron chi connectivity index (χ2n) is 4.57. The Morgan fingerprint density at radius 3 is 2.81 bits per heavy atom. The van der Waals surface area contributed by atoms with E-state index in [4.69, 9.17) is 0 Å². The van der Waals surface area contributed by atoms with Gasteiger partial charge in [0.25, 0.3) is 5.91 Å². The normalized spacial score (nSPS) is 11.0. The molecule has 5 nitrogen and oxygen atoms in total. The molecule has 0 radical (unpaired) electrons. The van der Waals surface area contributed by atoms with Gasteiger partial charge in [-0.3, -0.25) is 10.1 Å². The van der Waals surface area contributed by atoms with E-state index in [0.29, 0.717) is 16.7 Å². The molecular formula is C13H12N4OS3. The van der Waals surface area contributed by atoms with Gasteiger partial charge in [0.15, 0.2) is 0 Å². The van der Waals surface area contributed by atoms with Crippen molar-refractivity contribution >= 4 is 45.0 Å². The molecule has 3 aromatic heterocycles. The van der Waals surface area contributed by atoms with E-state index < -0.39 is 0 Å². The highest BCUT2D eigenvalue weighted by Gasteiger charge is 2.15. The van der Waals surface area contributed by atoms with Crippen molar-refractivity contribution in [3.8, 4) is 9.88 Å². The van der Waals surface area contributed by atoms with Gasteiger partial charge in [-0.25, -0.2) is 4.98 Å². The van der Waals surface area contributed by atoms with Gasteiger partial charge in [0, 0.05) is 11.3 Å². The van der Waals surface area contributed by atoms with Gasteiger partial charge in [-0.05, 0) is 11.4 Å². The third-order valence-electron chi connectivity index (χ3n) is 2.62. The zero-order valence-electron chi connectivity index (χ0n) is 11.4. The van der Waals surface area contributed by atoms with E-state index >= 15 is 0 Å². The molecule has 3 rings (SSSR count). The molecule has 0 aliphatic carbocycles. The first-order valence-electron chi connectivity index (χ1n) is 6.27. The summed E-state index contributed by atoms with van der Waals surface area (Å²) >= 11 is 4.46. The van der Waals surface area contributed by atoms with Crippen LogP contribution in [0.1, 0.15) is 35.3 Å². The van der Waals surface area contributed by atoms with Crippen molar-refractivity contribution in [1.29, 1.82) is 0 Å². The Morgan fingerprint density at radius 1 is 1.29 bits per heavy atom. The molecule has 0 bridgehead atoms. The summed E-state index contributed by atoms with van der Waals surface area (Å²) in [5.74, 6) is 0.0540. The fourth-order valence-electron chi connectivity index (χ4n) is 1.57. The van der Waals surface area contributed by atoms with E-state index in [1.165, 1.54) is 22.7 Å². The van der Waals surface area contributed by atoms with Crippen LogP contribution >= 0.6 is 34.0 Å². The van der Waals surface area contributed by atoms with Crippen molar-refractivity contribution in [2.45, 2.75) is 19.8 Å². The minimum absolute atomic E-state index is 0.250. The van der Waals surface area contributed by atoms with Gasteiger partial charge in [0.1, 0.15) is 15.7 Å². The number of rotatable bonds is 4. The molecule has 0 fully saturated rings. The average Bonchev–Trinajstić information content (AvgIpc) is 3.19. The van der Waals surface area contributed by atoms with Gasteiger partial charge < -0.3 is 0 Å². The molecule has 0 unspecified atom stereocenters. The van der Waals surface area contributed by atoms with Crippen LogP contribution in [0.5, 0.6) is 0 Å². The minimum atomic E-state index is -0.250. The number of aromatic nitrogens is 3. The Morgan fingerprint density at radius 2 is 2.14 bits per heavy atom. The van der Waals surface area contributed by atoms with Gasteiger partial charge in [0.2, 0.25) is 5.13 Å². The summed E-state index contributed by atoms with van der Waals surface area (Å²) in [5, 5.41) is 16.8. The summed E-state index contributed by atoms with van der Waals surface area (Å²) in [7, 11) is 0. The van der Waals surface area contributed by atoms with Crippen LogP contribution in [-0.4, -0.2) is 21.1 Å². The number of hydrogen-bond donors (Lipinski definition) is 1. The Hall–Kier alpha value is -1.64. The van der Waals surface area contributed by atoms with E-state index in [-0.39, 0.29) is 5.91 Å². The molecule has 0 aliphatic heterocycles. The molecule has 0 aromatic carbocycles. The molecule has 3 heterocycles. The topological polar surface area (TPSA) is 67.8 Å². The first-order valence-corrected chi connectivity index (χ1v) is 8.85. The first kappa shape index (κ1) is 14.3. The Balaban J connectivity index is 1.73. The zero-order chi connectivity index (χ0) is 14.8. The maximum atomic E-state index is 12.2. The molecule has 8 heteroatoms. The number of anilines is 1. The van der Waals surface area contributed by atoms with Crippen LogP contribution in [0, 0.1) is 0 Å². The van der Waals surface area contributed by atoms with Crippen LogP contribution in [-0.2, 0) is 0 Å². The summed E-state index contributed by atoms with van der Waals surface area (Å²) in [6, 6.07) is 3.96.